The first-order chi connectivity index (χ1) is 15.9. The fourth-order valence-corrected chi connectivity index (χ4v) is 3.43. The van der Waals surface area contributed by atoms with Crippen LogP contribution < -0.4 is 15.4 Å². The first kappa shape index (κ1) is 24.3. The van der Waals surface area contributed by atoms with Gasteiger partial charge in [-0.25, -0.2) is 8.78 Å². The van der Waals surface area contributed by atoms with Crippen molar-refractivity contribution in [2.45, 2.75) is 38.5 Å². The van der Waals surface area contributed by atoms with E-state index in [0.29, 0.717) is 12.1 Å². The topological polar surface area (TPSA) is 96.6 Å². The second-order valence-electron chi connectivity index (χ2n) is 7.67. The fraction of sp³-hybridized carbons (Fsp3) is 0.333. The van der Waals surface area contributed by atoms with Crippen molar-refractivity contribution in [3.05, 3.63) is 82.6 Å². The Labute approximate surface area is 190 Å². The molecule has 0 radical (unpaired) electrons. The van der Waals surface area contributed by atoms with Crippen LogP contribution in [-0.4, -0.2) is 42.0 Å². The number of aliphatic hydroxyl groups excluding tert-OH is 1. The first-order valence-electron chi connectivity index (χ1n) is 10.6. The van der Waals surface area contributed by atoms with E-state index in [9.17, 15) is 18.7 Å². The van der Waals surface area contributed by atoms with Gasteiger partial charge in [-0.15, -0.1) is 0 Å². The Bertz CT molecular complexity index is 1050. The van der Waals surface area contributed by atoms with Gasteiger partial charge in [-0.3, -0.25) is 4.79 Å². The third kappa shape index (κ3) is 7.10. The number of methoxy groups -OCH3 is 1. The number of aliphatic hydroxyl groups is 1. The van der Waals surface area contributed by atoms with Crippen LogP contribution in [0.25, 0.3) is 0 Å². The van der Waals surface area contributed by atoms with E-state index in [-0.39, 0.29) is 24.6 Å². The summed E-state index contributed by atoms with van der Waals surface area (Å²) in [6.45, 7) is 2.72. The van der Waals surface area contributed by atoms with Gasteiger partial charge < -0.3 is 25.0 Å². The lowest BCUT2D eigenvalue weighted by atomic mass is 10.00. The molecule has 0 saturated heterocycles. The summed E-state index contributed by atoms with van der Waals surface area (Å²) in [6, 6.07) is 11.6. The van der Waals surface area contributed by atoms with Crippen LogP contribution in [0, 0.1) is 11.6 Å². The van der Waals surface area contributed by atoms with Crippen molar-refractivity contribution in [1.82, 2.24) is 15.8 Å². The van der Waals surface area contributed by atoms with Crippen molar-refractivity contribution in [3.8, 4) is 5.88 Å². The SMILES string of the molecule is CCc1cccc(CNC[C@@H](O)[C@H](Cc2cc(F)cc(F)c2)NC(=O)c2cc(OC)no2)c1. The van der Waals surface area contributed by atoms with E-state index in [2.05, 4.69) is 28.8 Å². The average molecular weight is 459 g/mol. The number of hydrogen-bond acceptors (Lipinski definition) is 6. The maximum atomic E-state index is 13.7. The molecule has 0 aliphatic rings. The summed E-state index contributed by atoms with van der Waals surface area (Å²) in [7, 11) is 1.38. The van der Waals surface area contributed by atoms with Crippen molar-refractivity contribution in [2.24, 2.45) is 0 Å². The maximum Gasteiger partial charge on any atom is 0.290 e. The highest BCUT2D eigenvalue weighted by Gasteiger charge is 2.25. The molecule has 33 heavy (non-hydrogen) atoms. The minimum atomic E-state index is -1.06. The van der Waals surface area contributed by atoms with E-state index in [1.54, 1.807) is 0 Å². The number of nitrogens with zero attached hydrogens (tertiary/aromatic N) is 1. The summed E-state index contributed by atoms with van der Waals surface area (Å²) >= 11 is 0. The molecule has 0 fully saturated rings. The van der Waals surface area contributed by atoms with Crippen LogP contribution >= 0.6 is 0 Å². The van der Waals surface area contributed by atoms with Crippen LogP contribution in [-0.2, 0) is 19.4 Å². The molecule has 1 aromatic heterocycles. The summed E-state index contributed by atoms with van der Waals surface area (Å²) in [5.74, 6) is -2.10. The molecule has 1 heterocycles. The molecule has 1 amide bonds. The second-order valence-corrected chi connectivity index (χ2v) is 7.67. The molecule has 3 rings (SSSR count). The third-order valence-corrected chi connectivity index (χ3v) is 5.16. The standard InChI is InChI=1S/C24H27F2N3O4/c1-3-15-5-4-6-16(7-15)13-27-14-21(30)20(10-17-8-18(25)11-19(26)9-17)28-24(31)22-12-23(32-2)29-33-22/h4-9,11-12,20-21,27,30H,3,10,13-14H2,1-2H3,(H,28,31)/t20-,21+/m0/s1. The minimum Gasteiger partial charge on any atom is -0.479 e. The molecule has 176 valence electrons. The lowest BCUT2D eigenvalue weighted by Gasteiger charge is -2.24. The zero-order chi connectivity index (χ0) is 23.8. The maximum absolute atomic E-state index is 13.7. The zero-order valence-electron chi connectivity index (χ0n) is 18.5. The van der Waals surface area contributed by atoms with Crippen molar-refractivity contribution >= 4 is 5.91 Å². The molecule has 0 spiro atoms. The zero-order valence-corrected chi connectivity index (χ0v) is 18.5. The van der Waals surface area contributed by atoms with E-state index >= 15 is 0 Å². The van der Waals surface area contributed by atoms with Gasteiger partial charge in [0.2, 0.25) is 5.76 Å². The lowest BCUT2D eigenvalue weighted by molar-refractivity contribution is 0.0796. The van der Waals surface area contributed by atoms with Crippen LogP contribution in [0.1, 0.15) is 34.2 Å². The van der Waals surface area contributed by atoms with Crippen molar-refractivity contribution in [3.63, 3.8) is 0 Å². The molecule has 9 heteroatoms. The predicted octanol–water partition coefficient (Wildman–Crippen LogP) is 3.02. The Morgan fingerprint density at radius 1 is 1.12 bits per heavy atom. The van der Waals surface area contributed by atoms with E-state index in [1.165, 1.54) is 18.7 Å². The Morgan fingerprint density at radius 2 is 1.85 bits per heavy atom. The largest absolute Gasteiger partial charge is 0.479 e. The summed E-state index contributed by atoms with van der Waals surface area (Å²) in [5.41, 5.74) is 2.56. The van der Waals surface area contributed by atoms with Crippen LogP contribution in [0.15, 0.2) is 53.1 Å². The highest BCUT2D eigenvalue weighted by atomic mass is 19.1. The molecule has 7 nitrogen and oxygen atoms in total. The Kier molecular flexibility index (Phi) is 8.51. The van der Waals surface area contributed by atoms with Crippen LogP contribution in [0.2, 0.25) is 0 Å². The number of nitrogens with one attached hydrogen (secondary N) is 2. The van der Waals surface area contributed by atoms with Gasteiger partial charge in [0, 0.05) is 19.2 Å². The summed E-state index contributed by atoms with van der Waals surface area (Å²) < 4.78 is 37.2. The number of hydrogen-bond donors (Lipinski definition) is 3. The molecule has 2 aromatic carbocycles. The summed E-state index contributed by atoms with van der Waals surface area (Å²) in [6.07, 6.45) is -0.138. The monoisotopic (exact) mass is 459 g/mol. The molecule has 0 bridgehead atoms. The van der Waals surface area contributed by atoms with Crippen molar-refractivity contribution < 1.29 is 27.9 Å². The molecule has 3 aromatic rings. The molecule has 3 N–H and O–H groups in total. The van der Waals surface area contributed by atoms with Crippen molar-refractivity contribution in [2.75, 3.05) is 13.7 Å². The molecule has 2 atom stereocenters. The molecular formula is C24H27F2N3O4. The predicted molar refractivity (Wildman–Crippen MR) is 118 cm³/mol. The number of amides is 1. The normalized spacial score (nSPS) is 12.9. The second kappa shape index (κ2) is 11.5. The fourth-order valence-electron chi connectivity index (χ4n) is 3.43. The van der Waals surface area contributed by atoms with Gasteiger partial charge in [0.05, 0.1) is 25.3 Å². The highest BCUT2D eigenvalue weighted by molar-refractivity contribution is 5.91. The number of ether oxygens (including phenoxy) is 1. The van der Waals surface area contributed by atoms with Gasteiger partial charge in [-0.1, -0.05) is 31.2 Å². The minimum absolute atomic E-state index is 0.000140. The number of rotatable bonds is 11. The van der Waals surface area contributed by atoms with Crippen molar-refractivity contribution in [1.29, 1.82) is 0 Å². The molecule has 0 saturated carbocycles. The summed E-state index contributed by atoms with van der Waals surface area (Å²) in [5, 5.41) is 20.2. The number of carbonyl (C=O) groups is 1. The molecular weight excluding hydrogens is 432 g/mol. The molecule has 0 aliphatic carbocycles. The van der Waals surface area contributed by atoms with Gasteiger partial charge in [0.15, 0.2) is 0 Å². The van der Waals surface area contributed by atoms with Gasteiger partial charge >= 0.3 is 0 Å². The van der Waals surface area contributed by atoms with Gasteiger partial charge in [-0.05, 0) is 46.8 Å². The Hall–Kier alpha value is -3.30. The van der Waals surface area contributed by atoms with E-state index in [1.807, 2.05) is 18.2 Å². The number of halogens is 2. The number of carbonyl (C=O) groups excluding carboxylic acids is 1. The van der Waals surface area contributed by atoms with E-state index in [0.717, 1.165) is 30.2 Å². The smallest absolute Gasteiger partial charge is 0.290 e. The first-order valence-corrected chi connectivity index (χ1v) is 10.6. The Balaban J connectivity index is 1.69. The van der Waals surface area contributed by atoms with E-state index in [4.69, 9.17) is 9.26 Å². The Morgan fingerprint density at radius 3 is 2.52 bits per heavy atom. The number of benzene rings is 2. The van der Waals surface area contributed by atoms with Gasteiger partial charge in [-0.2, -0.15) is 0 Å². The average Bonchev–Trinajstić information content (AvgIpc) is 3.27. The van der Waals surface area contributed by atoms with Gasteiger partial charge in [0.25, 0.3) is 11.8 Å². The van der Waals surface area contributed by atoms with Crippen LogP contribution in [0.5, 0.6) is 5.88 Å². The molecule has 0 aliphatic heterocycles. The number of aryl methyl sites for hydroxylation is 1. The highest BCUT2D eigenvalue weighted by Crippen LogP contribution is 2.14. The lowest BCUT2D eigenvalue weighted by Crippen LogP contribution is -2.48. The third-order valence-electron chi connectivity index (χ3n) is 5.16. The van der Waals surface area contributed by atoms with Gasteiger partial charge in [0.1, 0.15) is 11.6 Å². The number of aromatic nitrogens is 1. The summed E-state index contributed by atoms with van der Waals surface area (Å²) in [4.78, 5) is 12.6. The van der Waals surface area contributed by atoms with E-state index < -0.39 is 29.7 Å². The van der Waals surface area contributed by atoms with Crippen LogP contribution in [0.4, 0.5) is 8.78 Å². The quantitative estimate of drug-likeness (QED) is 0.408. The van der Waals surface area contributed by atoms with Crippen LogP contribution in [0.3, 0.4) is 0 Å². The molecule has 0 unspecified atom stereocenters.